The second kappa shape index (κ2) is 7.33. The Kier molecular flexibility index (Phi) is 4.75. The number of aromatic amines is 1. The Morgan fingerprint density at radius 1 is 1.23 bits per heavy atom. The first-order valence-corrected chi connectivity index (χ1v) is 8.99. The van der Waals surface area contributed by atoms with Crippen LogP contribution in [0.2, 0.25) is 0 Å². The number of benzene rings is 1. The zero-order valence-corrected chi connectivity index (χ0v) is 14.8. The molecule has 0 spiro atoms. The quantitative estimate of drug-likeness (QED) is 0.779. The fraction of sp³-hybridized carbons (Fsp3) is 0.350. The van der Waals surface area contributed by atoms with Crippen molar-refractivity contribution >= 4 is 0 Å². The predicted octanol–water partition coefficient (Wildman–Crippen LogP) is 3.69. The largest absolute Gasteiger partial charge is 0.343 e. The molecule has 0 radical (unpaired) electrons. The van der Waals surface area contributed by atoms with Crippen molar-refractivity contribution in [3.8, 4) is 11.5 Å². The number of aryl methyl sites for hydroxylation is 1. The third-order valence-electron chi connectivity index (χ3n) is 4.80. The lowest BCUT2D eigenvalue weighted by atomic mass is 9.96. The summed E-state index contributed by atoms with van der Waals surface area (Å²) in [6, 6.07) is 8.72. The van der Waals surface area contributed by atoms with Crippen LogP contribution in [0.25, 0.3) is 11.5 Å². The molecule has 1 N–H and O–H groups in total. The van der Waals surface area contributed by atoms with Crippen molar-refractivity contribution in [3.63, 3.8) is 0 Å². The number of rotatable bonds is 4. The summed E-state index contributed by atoms with van der Waals surface area (Å²) in [5.74, 6) is 1.78. The van der Waals surface area contributed by atoms with E-state index in [-0.39, 0.29) is 5.82 Å². The van der Waals surface area contributed by atoms with Crippen molar-refractivity contribution in [3.05, 3.63) is 65.6 Å². The minimum absolute atomic E-state index is 0.191. The molecule has 3 heterocycles. The number of nitrogens with zero attached hydrogens (tertiary/aromatic N) is 4. The summed E-state index contributed by atoms with van der Waals surface area (Å²) in [4.78, 5) is 19.3. The maximum absolute atomic E-state index is 13.1. The SMILES string of the molecule is Cc1cc(-c2ncc[nH]2)nc(C2CCCN(Cc3ccc(F)cc3)C2)n1. The normalized spacial score (nSPS) is 18.2. The van der Waals surface area contributed by atoms with Gasteiger partial charge in [0, 0.05) is 37.1 Å². The summed E-state index contributed by atoms with van der Waals surface area (Å²) in [6.07, 6.45) is 5.73. The summed E-state index contributed by atoms with van der Waals surface area (Å²) >= 11 is 0. The van der Waals surface area contributed by atoms with Crippen molar-refractivity contribution in [1.82, 2.24) is 24.8 Å². The first kappa shape index (κ1) is 16.8. The van der Waals surface area contributed by atoms with Gasteiger partial charge in [0.2, 0.25) is 0 Å². The molecule has 26 heavy (non-hydrogen) atoms. The van der Waals surface area contributed by atoms with E-state index in [0.29, 0.717) is 5.92 Å². The third kappa shape index (κ3) is 3.80. The maximum atomic E-state index is 13.1. The van der Waals surface area contributed by atoms with Crippen LogP contribution in [0.3, 0.4) is 0 Å². The maximum Gasteiger partial charge on any atom is 0.156 e. The average Bonchev–Trinajstić information content (AvgIpc) is 3.18. The molecular weight excluding hydrogens is 329 g/mol. The number of piperidine rings is 1. The molecule has 0 bridgehead atoms. The summed E-state index contributed by atoms with van der Waals surface area (Å²) in [7, 11) is 0. The number of imidazole rings is 1. The van der Waals surface area contributed by atoms with Gasteiger partial charge >= 0.3 is 0 Å². The highest BCUT2D eigenvalue weighted by Gasteiger charge is 2.24. The van der Waals surface area contributed by atoms with E-state index in [9.17, 15) is 4.39 Å². The average molecular weight is 351 g/mol. The molecule has 3 aromatic rings. The Hall–Kier alpha value is -2.60. The molecule has 4 rings (SSSR count). The molecule has 2 aromatic heterocycles. The van der Waals surface area contributed by atoms with E-state index in [2.05, 4.69) is 14.9 Å². The minimum Gasteiger partial charge on any atom is -0.343 e. The number of hydrogen-bond donors (Lipinski definition) is 1. The number of likely N-dealkylation sites (tertiary alicyclic amines) is 1. The Bertz CT molecular complexity index is 860. The first-order valence-electron chi connectivity index (χ1n) is 8.99. The fourth-order valence-corrected chi connectivity index (χ4v) is 3.56. The number of H-pyrrole nitrogens is 1. The van der Waals surface area contributed by atoms with Crippen LogP contribution in [-0.2, 0) is 6.54 Å². The molecule has 1 unspecified atom stereocenters. The minimum atomic E-state index is -0.191. The van der Waals surface area contributed by atoms with Gasteiger partial charge in [0.25, 0.3) is 0 Å². The van der Waals surface area contributed by atoms with Gasteiger partial charge in [-0.15, -0.1) is 0 Å². The highest BCUT2D eigenvalue weighted by molar-refractivity contribution is 5.49. The number of nitrogens with one attached hydrogen (secondary N) is 1. The zero-order valence-electron chi connectivity index (χ0n) is 14.8. The Labute approximate surface area is 152 Å². The molecule has 0 saturated carbocycles. The van der Waals surface area contributed by atoms with E-state index in [1.165, 1.54) is 12.1 Å². The Balaban J connectivity index is 1.51. The van der Waals surface area contributed by atoms with Crippen LogP contribution in [-0.4, -0.2) is 37.9 Å². The molecule has 1 aliphatic rings. The van der Waals surface area contributed by atoms with Crippen LogP contribution in [0.5, 0.6) is 0 Å². The standard InChI is InChI=1S/C20H22FN5/c1-14-11-18(20-22-8-9-23-20)25-19(24-14)16-3-2-10-26(13-16)12-15-4-6-17(21)7-5-15/h4-9,11,16H,2-3,10,12-13H2,1H3,(H,22,23). The summed E-state index contributed by atoms with van der Waals surface area (Å²) in [5.41, 5.74) is 2.93. The van der Waals surface area contributed by atoms with Crippen molar-refractivity contribution < 1.29 is 4.39 Å². The number of halogens is 1. The number of hydrogen-bond acceptors (Lipinski definition) is 4. The van der Waals surface area contributed by atoms with E-state index >= 15 is 0 Å². The van der Waals surface area contributed by atoms with Gasteiger partial charge in [-0.05, 0) is 50.1 Å². The summed E-state index contributed by atoms with van der Waals surface area (Å²) in [5, 5.41) is 0. The van der Waals surface area contributed by atoms with Gasteiger partial charge < -0.3 is 4.98 Å². The summed E-state index contributed by atoms with van der Waals surface area (Å²) < 4.78 is 13.1. The van der Waals surface area contributed by atoms with Gasteiger partial charge in [0.05, 0.1) is 0 Å². The topological polar surface area (TPSA) is 57.7 Å². The second-order valence-electron chi connectivity index (χ2n) is 6.89. The summed E-state index contributed by atoms with van der Waals surface area (Å²) in [6.45, 7) is 4.79. The molecule has 6 heteroatoms. The van der Waals surface area contributed by atoms with Crippen LogP contribution in [0.1, 0.15) is 35.8 Å². The van der Waals surface area contributed by atoms with Gasteiger partial charge in [-0.2, -0.15) is 0 Å². The molecular formula is C20H22FN5. The van der Waals surface area contributed by atoms with Crippen LogP contribution in [0.15, 0.2) is 42.7 Å². The van der Waals surface area contributed by atoms with E-state index in [1.54, 1.807) is 12.4 Å². The van der Waals surface area contributed by atoms with Crippen molar-refractivity contribution in [2.24, 2.45) is 0 Å². The Morgan fingerprint density at radius 3 is 2.85 bits per heavy atom. The number of aromatic nitrogens is 4. The molecule has 5 nitrogen and oxygen atoms in total. The molecule has 1 aliphatic heterocycles. The zero-order chi connectivity index (χ0) is 17.9. The lowest BCUT2D eigenvalue weighted by molar-refractivity contribution is 0.196. The monoisotopic (exact) mass is 351 g/mol. The Morgan fingerprint density at radius 2 is 2.08 bits per heavy atom. The molecule has 1 aromatic carbocycles. The highest BCUT2D eigenvalue weighted by atomic mass is 19.1. The third-order valence-corrected chi connectivity index (χ3v) is 4.80. The molecule has 0 aliphatic carbocycles. The van der Waals surface area contributed by atoms with Gasteiger partial charge in [-0.3, -0.25) is 4.90 Å². The van der Waals surface area contributed by atoms with Crippen molar-refractivity contribution in [2.45, 2.75) is 32.2 Å². The van der Waals surface area contributed by atoms with E-state index in [0.717, 1.165) is 61.1 Å². The van der Waals surface area contributed by atoms with E-state index in [4.69, 9.17) is 9.97 Å². The van der Waals surface area contributed by atoms with Crippen LogP contribution in [0, 0.1) is 12.7 Å². The van der Waals surface area contributed by atoms with E-state index < -0.39 is 0 Å². The predicted molar refractivity (Wildman–Crippen MR) is 98.0 cm³/mol. The van der Waals surface area contributed by atoms with Gasteiger partial charge in [-0.25, -0.2) is 19.3 Å². The first-order chi connectivity index (χ1) is 12.7. The molecule has 134 valence electrons. The van der Waals surface area contributed by atoms with E-state index in [1.807, 2.05) is 25.1 Å². The molecule has 1 atom stereocenters. The molecule has 1 saturated heterocycles. The van der Waals surface area contributed by atoms with Crippen LogP contribution < -0.4 is 0 Å². The van der Waals surface area contributed by atoms with Crippen molar-refractivity contribution in [2.75, 3.05) is 13.1 Å². The van der Waals surface area contributed by atoms with Gasteiger partial charge in [-0.1, -0.05) is 12.1 Å². The molecule has 1 fully saturated rings. The fourth-order valence-electron chi connectivity index (χ4n) is 3.56. The smallest absolute Gasteiger partial charge is 0.156 e. The second-order valence-corrected chi connectivity index (χ2v) is 6.89. The lowest BCUT2D eigenvalue weighted by Crippen LogP contribution is -2.34. The van der Waals surface area contributed by atoms with Crippen molar-refractivity contribution in [1.29, 1.82) is 0 Å². The lowest BCUT2D eigenvalue weighted by Gasteiger charge is -2.32. The van der Waals surface area contributed by atoms with Gasteiger partial charge in [0.1, 0.15) is 17.3 Å². The van der Waals surface area contributed by atoms with Crippen LogP contribution in [0.4, 0.5) is 4.39 Å². The highest BCUT2D eigenvalue weighted by Crippen LogP contribution is 2.27. The van der Waals surface area contributed by atoms with Gasteiger partial charge in [0.15, 0.2) is 5.82 Å². The molecule has 0 amide bonds. The van der Waals surface area contributed by atoms with Crippen LogP contribution >= 0.6 is 0 Å².